The molecule has 1 heterocycles. The van der Waals surface area contributed by atoms with E-state index in [1.54, 1.807) is 36.4 Å². The molecule has 0 aromatic heterocycles. The van der Waals surface area contributed by atoms with Crippen molar-refractivity contribution in [2.24, 2.45) is 5.92 Å². The van der Waals surface area contributed by atoms with Gasteiger partial charge >= 0.3 is 6.03 Å². The lowest BCUT2D eigenvalue weighted by Crippen LogP contribution is -2.58. The predicted molar refractivity (Wildman–Crippen MR) is 144 cm³/mol. The number of carbonyl (C=O) groups excluding carboxylic acids is 3. The van der Waals surface area contributed by atoms with Crippen LogP contribution in [0.3, 0.4) is 0 Å². The lowest BCUT2D eigenvalue weighted by atomic mass is 9.84. The van der Waals surface area contributed by atoms with Crippen LogP contribution in [0.5, 0.6) is 11.5 Å². The molecule has 1 saturated heterocycles. The average Bonchev–Trinajstić information content (AvgIpc) is 2.94. The number of benzene rings is 4. The number of nitrogens with one attached hydrogen (secondary N) is 1. The number of anilines is 1. The Morgan fingerprint density at radius 1 is 0.846 bits per heavy atom. The molecule has 5 rings (SSSR count). The second-order valence-corrected chi connectivity index (χ2v) is 9.14. The average molecular weight is 542 g/mol. The van der Waals surface area contributed by atoms with Crippen LogP contribution in [0.25, 0.3) is 0 Å². The number of urea groups is 1. The summed E-state index contributed by atoms with van der Waals surface area (Å²) in [4.78, 5) is 52.2. The van der Waals surface area contributed by atoms with Crippen LogP contribution < -0.4 is 15.0 Å². The summed E-state index contributed by atoms with van der Waals surface area (Å²) in [5.74, 6) is -1.50. The summed E-state index contributed by atoms with van der Waals surface area (Å²) in [6.07, 6.45) is 0. The van der Waals surface area contributed by atoms with Crippen LogP contribution in [-0.2, 0) is 4.79 Å². The molecule has 1 aliphatic heterocycles. The van der Waals surface area contributed by atoms with Gasteiger partial charge in [0, 0.05) is 22.7 Å². The molecule has 0 radical (unpaired) electrons. The van der Waals surface area contributed by atoms with E-state index in [1.165, 1.54) is 48.5 Å². The molecule has 3 amide bonds. The zero-order chi connectivity index (χ0) is 27.5. The molecule has 1 N–H and O–H groups in total. The van der Waals surface area contributed by atoms with Crippen molar-refractivity contribution in [3.8, 4) is 11.5 Å². The first-order chi connectivity index (χ1) is 18.8. The van der Waals surface area contributed by atoms with E-state index >= 15 is 0 Å². The molecule has 0 spiro atoms. The van der Waals surface area contributed by atoms with Crippen LogP contribution in [0.1, 0.15) is 22.0 Å². The first kappa shape index (κ1) is 25.6. The number of ether oxygens (including phenoxy) is 1. The van der Waals surface area contributed by atoms with Gasteiger partial charge in [0.25, 0.3) is 5.69 Å². The molecular weight excluding hydrogens is 522 g/mol. The lowest BCUT2D eigenvalue weighted by molar-refractivity contribution is -0.384. The van der Waals surface area contributed by atoms with Crippen LogP contribution in [0.4, 0.5) is 16.2 Å². The number of halogens is 1. The number of rotatable bonds is 7. The van der Waals surface area contributed by atoms with Gasteiger partial charge in [0.15, 0.2) is 5.78 Å². The highest BCUT2D eigenvalue weighted by molar-refractivity contribution is 6.31. The Labute approximate surface area is 227 Å². The van der Waals surface area contributed by atoms with Gasteiger partial charge in [-0.15, -0.1) is 0 Å². The fraction of sp³-hybridized carbons (Fsp3) is 0.0690. The van der Waals surface area contributed by atoms with Crippen molar-refractivity contribution >= 4 is 40.7 Å². The maximum absolute atomic E-state index is 13.8. The predicted octanol–water partition coefficient (Wildman–Crippen LogP) is 6.34. The summed E-state index contributed by atoms with van der Waals surface area (Å²) in [6, 6.07) is 25.1. The molecule has 0 unspecified atom stereocenters. The Balaban J connectivity index is 1.48. The van der Waals surface area contributed by atoms with Crippen molar-refractivity contribution in [2.45, 2.75) is 6.04 Å². The normalized spacial score (nSPS) is 16.9. The Hall–Kier alpha value is -5.02. The van der Waals surface area contributed by atoms with E-state index in [0.29, 0.717) is 22.1 Å². The minimum Gasteiger partial charge on any atom is -0.457 e. The maximum Gasteiger partial charge on any atom is 0.329 e. The molecule has 0 saturated carbocycles. The van der Waals surface area contributed by atoms with Gasteiger partial charge in [-0.1, -0.05) is 41.9 Å². The third kappa shape index (κ3) is 5.34. The number of nitrogens with zero attached hydrogens (tertiary/aromatic N) is 2. The zero-order valence-electron chi connectivity index (χ0n) is 20.2. The van der Waals surface area contributed by atoms with Crippen molar-refractivity contribution in [3.63, 3.8) is 0 Å². The zero-order valence-corrected chi connectivity index (χ0v) is 20.9. The summed E-state index contributed by atoms with van der Waals surface area (Å²) >= 11 is 5.97. The van der Waals surface area contributed by atoms with Crippen molar-refractivity contribution in [1.82, 2.24) is 5.32 Å². The number of hydrogen-bond acceptors (Lipinski definition) is 6. The van der Waals surface area contributed by atoms with Gasteiger partial charge in [0.05, 0.1) is 16.7 Å². The minimum absolute atomic E-state index is 0.160. The van der Waals surface area contributed by atoms with Gasteiger partial charge in [-0.3, -0.25) is 19.7 Å². The van der Waals surface area contributed by atoms with Crippen LogP contribution in [0.15, 0.2) is 103 Å². The number of imide groups is 1. The Bertz CT molecular complexity index is 1540. The van der Waals surface area contributed by atoms with Crippen molar-refractivity contribution in [3.05, 3.63) is 129 Å². The fourth-order valence-electron chi connectivity index (χ4n) is 4.33. The second-order valence-electron chi connectivity index (χ2n) is 8.71. The summed E-state index contributed by atoms with van der Waals surface area (Å²) in [7, 11) is 0. The first-order valence-corrected chi connectivity index (χ1v) is 12.2. The molecule has 0 aliphatic carbocycles. The maximum atomic E-state index is 13.8. The molecule has 4 aromatic rings. The number of amides is 3. The van der Waals surface area contributed by atoms with E-state index in [4.69, 9.17) is 16.3 Å². The molecular formula is C29H20ClN3O6. The SMILES string of the molecule is O=C(c1ccc(Cl)cc1)[C@@H]1C(=O)N(c2ccc(Oc3ccccc3)cc2)C(=O)N[C@H]1c1ccc([N+](=O)[O-])cc1. The number of para-hydroxylation sites is 1. The van der Waals surface area contributed by atoms with Gasteiger partial charge in [-0.25, -0.2) is 9.69 Å². The van der Waals surface area contributed by atoms with E-state index < -0.39 is 34.6 Å². The molecule has 4 aromatic carbocycles. The number of nitro groups is 1. The van der Waals surface area contributed by atoms with Gasteiger partial charge in [0.2, 0.25) is 5.91 Å². The summed E-state index contributed by atoms with van der Waals surface area (Å²) in [6.45, 7) is 0. The molecule has 0 bridgehead atoms. The van der Waals surface area contributed by atoms with Crippen LogP contribution in [0.2, 0.25) is 5.02 Å². The van der Waals surface area contributed by atoms with E-state index in [1.807, 2.05) is 18.2 Å². The fourth-order valence-corrected chi connectivity index (χ4v) is 4.46. The molecule has 9 nitrogen and oxygen atoms in total. The van der Waals surface area contributed by atoms with Crippen LogP contribution in [-0.4, -0.2) is 22.6 Å². The topological polar surface area (TPSA) is 119 Å². The monoisotopic (exact) mass is 541 g/mol. The van der Waals surface area contributed by atoms with Gasteiger partial charge in [-0.2, -0.15) is 0 Å². The molecule has 1 fully saturated rings. The van der Waals surface area contributed by atoms with Crippen LogP contribution in [0, 0.1) is 16.0 Å². The molecule has 10 heteroatoms. The third-order valence-electron chi connectivity index (χ3n) is 6.25. The Morgan fingerprint density at radius 3 is 2.08 bits per heavy atom. The summed E-state index contributed by atoms with van der Waals surface area (Å²) in [5.41, 5.74) is 0.689. The number of non-ortho nitro benzene ring substituents is 1. The summed E-state index contributed by atoms with van der Waals surface area (Å²) < 4.78 is 5.79. The highest BCUT2D eigenvalue weighted by Gasteiger charge is 2.46. The third-order valence-corrected chi connectivity index (χ3v) is 6.50. The largest absolute Gasteiger partial charge is 0.457 e. The number of Topliss-reactive ketones (excluding diaryl/α,β-unsaturated/α-hetero) is 1. The van der Waals surface area contributed by atoms with E-state index in [-0.39, 0.29) is 16.9 Å². The highest BCUT2D eigenvalue weighted by atomic mass is 35.5. The molecule has 2 atom stereocenters. The first-order valence-electron chi connectivity index (χ1n) is 11.8. The molecule has 194 valence electrons. The lowest BCUT2D eigenvalue weighted by Gasteiger charge is -2.37. The standard InChI is InChI=1S/C29H20ClN3O6/c30-20-10-6-19(7-11-20)27(34)25-26(18-8-12-22(13-9-18)33(37)38)31-29(36)32(28(25)35)21-14-16-24(17-15-21)39-23-4-2-1-3-5-23/h1-17,25-26H,(H,31,36)/t25-,26+/m1/s1. The van der Waals surface area contributed by atoms with Crippen molar-refractivity contribution < 1.29 is 24.0 Å². The Kier molecular flexibility index (Phi) is 7.07. The number of nitro benzene ring substituents is 1. The van der Waals surface area contributed by atoms with E-state index in [9.17, 15) is 24.5 Å². The smallest absolute Gasteiger partial charge is 0.329 e. The van der Waals surface area contributed by atoms with Crippen molar-refractivity contribution in [1.29, 1.82) is 0 Å². The quantitative estimate of drug-likeness (QED) is 0.126. The number of carbonyl (C=O) groups is 3. The van der Waals surface area contributed by atoms with Crippen molar-refractivity contribution in [2.75, 3.05) is 4.90 Å². The summed E-state index contributed by atoms with van der Waals surface area (Å²) in [5, 5.41) is 14.3. The molecule has 39 heavy (non-hydrogen) atoms. The van der Waals surface area contributed by atoms with Gasteiger partial charge in [-0.05, 0) is 66.2 Å². The van der Waals surface area contributed by atoms with Crippen LogP contribution >= 0.6 is 11.6 Å². The van der Waals surface area contributed by atoms with E-state index in [0.717, 1.165) is 4.90 Å². The number of ketones is 1. The highest BCUT2D eigenvalue weighted by Crippen LogP contribution is 2.35. The Morgan fingerprint density at radius 2 is 1.46 bits per heavy atom. The van der Waals surface area contributed by atoms with E-state index in [2.05, 4.69) is 5.32 Å². The van der Waals surface area contributed by atoms with Gasteiger partial charge in [0.1, 0.15) is 17.4 Å². The number of hydrogen-bond donors (Lipinski definition) is 1. The molecule has 1 aliphatic rings. The second kappa shape index (κ2) is 10.8. The minimum atomic E-state index is -1.34. The van der Waals surface area contributed by atoms with Gasteiger partial charge < -0.3 is 10.1 Å².